The Balaban J connectivity index is 1.65. The van der Waals surface area contributed by atoms with Crippen LogP contribution in [-0.4, -0.2) is 51.4 Å². The fraction of sp³-hybridized carbons (Fsp3) is 0.462. The van der Waals surface area contributed by atoms with Gasteiger partial charge in [0.25, 0.3) is 0 Å². The number of ether oxygens (including phenoxy) is 1. The normalized spacial score (nSPS) is 14.8. The summed E-state index contributed by atoms with van der Waals surface area (Å²) in [6.45, 7) is 2.58. The van der Waals surface area contributed by atoms with Gasteiger partial charge in [-0.2, -0.15) is 0 Å². The quantitative estimate of drug-likeness (QED) is 0.493. The topological polar surface area (TPSA) is 89.4 Å². The molecule has 1 aliphatic rings. The molecule has 1 atom stereocenters. The zero-order chi connectivity index (χ0) is 23.9. The third-order valence-electron chi connectivity index (χ3n) is 6.47. The Morgan fingerprint density at radius 2 is 1.88 bits per heavy atom. The molecule has 0 radical (unpaired) electrons. The third kappa shape index (κ3) is 5.38. The van der Waals surface area contributed by atoms with Gasteiger partial charge in [0.15, 0.2) is 0 Å². The number of amides is 2. The molecule has 2 amide bonds. The highest BCUT2D eigenvalue weighted by atomic mass is 16.5. The first-order valence-corrected chi connectivity index (χ1v) is 12.1. The second kappa shape index (κ2) is 11.1. The van der Waals surface area contributed by atoms with Crippen LogP contribution in [0.15, 0.2) is 48.5 Å². The number of benzene rings is 2. The molecular formula is C26H33N5O3. The van der Waals surface area contributed by atoms with Crippen LogP contribution < -0.4 is 10.1 Å². The third-order valence-corrected chi connectivity index (χ3v) is 6.47. The van der Waals surface area contributed by atoms with Crippen molar-refractivity contribution >= 4 is 22.8 Å². The molecule has 1 saturated carbocycles. The Labute approximate surface area is 200 Å². The first kappa shape index (κ1) is 23.7. The summed E-state index contributed by atoms with van der Waals surface area (Å²) >= 11 is 0. The molecule has 4 rings (SSSR count). The van der Waals surface area contributed by atoms with Gasteiger partial charge in [0.05, 0.1) is 12.6 Å². The molecular weight excluding hydrogens is 430 g/mol. The molecule has 1 aliphatic carbocycles. The number of carbonyl (C=O) groups excluding carboxylic acids is 2. The SMILES string of the molecule is CCCCN(C(=O)Cn1nnc2ccccc21)[C@H](C(=O)NC1CCCC1)c1ccc(OC)cc1. The van der Waals surface area contributed by atoms with Gasteiger partial charge in [-0.05, 0) is 49.1 Å². The highest BCUT2D eigenvalue weighted by molar-refractivity contribution is 5.89. The number of hydrogen-bond donors (Lipinski definition) is 1. The van der Waals surface area contributed by atoms with Crippen molar-refractivity contribution in [3.05, 3.63) is 54.1 Å². The number of fused-ring (bicyclic) bond motifs is 1. The maximum Gasteiger partial charge on any atom is 0.247 e. The van der Waals surface area contributed by atoms with Crippen LogP contribution in [0.5, 0.6) is 5.75 Å². The van der Waals surface area contributed by atoms with Crippen molar-refractivity contribution in [2.24, 2.45) is 0 Å². The predicted molar refractivity (Wildman–Crippen MR) is 130 cm³/mol. The number of rotatable bonds is 10. The molecule has 8 nitrogen and oxygen atoms in total. The minimum Gasteiger partial charge on any atom is -0.497 e. The average Bonchev–Trinajstić information content (AvgIpc) is 3.52. The number of carbonyl (C=O) groups is 2. The van der Waals surface area contributed by atoms with E-state index in [0.29, 0.717) is 12.3 Å². The zero-order valence-electron chi connectivity index (χ0n) is 19.9. The molecule has 1 heterocycles. The summed E-state index contributed by atoms with van der Waals surface area (Å²) in [5.74, 6) is 0.413. The van der Waals surface area contributed by atoms with Gasteiger partial charge < -0.3 is 15.0 Å². The maximum atomic E-state index is 13.7. The van der Waals surface area contributed by atoms with Crippen LogP contribution in [0.2, 0.25) is 0 Å². The molecule has 180 valence electrons. The summed E-state index contributed by atoms with van der Waals surface area (Å²) in [6.07, 6.45) is 5.92. The lowest BCUT2D eigenvalue weighted by atomic mass is 10.0. The van der Waals surface area contributed by atoms with Crippen molar-refractivity contribution in [3.63, 3.8) is 0 Å². The largest absolute Gasteiger partial charge is 0.497 e. The number of unbranched alkanes of at least 4 members (excludes halogenated alkanes) is 1. The summed E-state index contributed by atoms with van der Waals surface area (Å²) in [5, 5.41) is 11.6. The van der Waals surface area contributed by atoms with Crippen LogP contribution >= 0.6 is 0 Å². The molecule has 2 aromatic carbocycles. The molecule has 1 aromatic heterocycles. The fourth-order valence-corrected chi connectivity index (χ4v) is 4.59. The number of hydrogen-bond acceptors (Lipinski definition) is 5. The van der Waals surface area contributed by atoms with Crippen molar-refractivity contribution in [1.82, 2.24) is 25.2 Å². The van der Waals surface area contributed by atoms with E-state index >= 15 is 0 Å². The van der Waals surface area contributed by atoms with E-state index in [4.69, 9.17) is 4.74 Å². The summed E-state index contributed by atoms with van der Waals surface area (Å²) in [4.78, 5) is 29.0. The molecule has 34 heavy (non-hydrogen) atoms. The van der Waals surface area contributed by atoms with E-state index in [1.165, 1.54) is 0 Å². The summed E-state index contributed by atoms with van der Waals surface area (Å²) in [6, 6.07) is 14.4. The standard InChI is InChI=1S/C26H33N5O3/c1-3-4-17-30(24(32)18-31-23-12-8-7-11-22(23)28-29-31)25(19-13-15-21(34-2)16-14-19)26(33)27-20-9-5-6-10-20/h7-8,11-16,20,25H,3-6,9-10,17-18H2,1-2H3,(H,27,33)/t25-/m0/s1. The molecule has 1 N–H and O–H groups in total. The molecule has 3 aromatic rings. The van der Waals surface area contributed by atoms with Crippen LogP contribution in [0.25, 0.3) is 11.0 Å². The summed E-state index contributed by atoms with van der Waals surface area (Å²) in [5.41, 5.74) is 2.30. The van der Waals surface area contributed by atoms with E-state index in [9.17, 15) is 9.59 Å². The van der Waals surface area contributed by atoms with E-state index in [-0.39, 0.29) is 24.4 Å². The van der Waals surface area contributed by atoms with Crippen LogP contribution in [0, 0.1) is 0 Å². The van der Waals surface area contributed by atoms with Crippen molar-refractivity contribution in [2.75, 3.05) is 13.7 Å². The molecule has 0 spiro atoms. The number of methoxy groups -OCH3 is 1. The lowest BCUT2D eigenvalue weighted by Gasteiger charge is -2.32. The van der Waals surface area contributed by atoms with Gasteiger partial charge in [0.1, 0.15) is 23.9 Å². The lowest BCUT2D eigenvalue weighted by molar-refractivity contribution is -0.141. The molecule has 0 bridgehead atoms. The Morgan fingerprint density at radius 1 is 1.15 bits per heavy atom. The van der Waals surface area contributed by atoms with Crippen LogP contribution in [-0.2, 0) is 16.1 Å². The number of para-hydroxylation sites is 1. The monoisotopic (exact) mass is 463 g/mol. The molecule has 0 unspecified atom stereocenters. The summed E-state index contributed by atoms with van der Waals surface area (Å²) < 4.78 is 6.91. The first-order valence-electron chi connectivity index (χ1n) is 12.1. The van der Waals surface area contributed by atoms with Crippen molar-refractivity contribution in [3.8, 4) is 5.75 Å². The second-order valence-electron chi connectivity index (χ2n) is 8.84. The van der Waals surface area contributed by atoms with Gasteiger partial charge >= 0.3 is 0 Å². The zero-order valence-corrected chi connectivity index (χ0v) is 19.9. The van der Waals surface area contributed by atoms with Crippen molar-refractivity contribution in [1.29, 1.82) is 0 Å². The van der Waals surface area contributed by atoms with Gasteiger partial charge in [-0.1, -0.05) is 55.7 Å². The molecule has 1 fully saturated rings. The van der Waals surface area contributed by atoms with E-state index in [2.05, 4.69) is 22.6 Å². The van der Waals surface area contributed by atoms with Gasteiger partial charge in [0, 0.05) is 12.6 Å². The second-order valence-corrected chi connectivity index (χ2v) is 8.84. The Morgan fingerprint density at radius 3 is 2.59 bits per heavy atom. The van der Waals surface area contributed by atoms with Gasteiger partial charge in [-0.3, -0.25) is 9.59 Å². The van der Waals surface area contributed by atoms with Crippen molar-refractivity contribution in [2.45, 2.75) is 64.1 Å². The van der Waals surface area contributed by atoms with E-state index in [0.717, 1.165) is 55.1 Å². The fourth-order valence-electron chi connectivity index (χ4n) is 4.59. The maximum absolute atomic E-state index is 13.7. The van der Waals surface area contributed by atoms with Gasteiger partial charge in [-0.15, -0.1) is 5.10 Å². The lowest BCUT2D eigenvalue weighted by Crippen LogP contribution is -2.47. The Hall–Kier alpha value is -3.42. The Bertz CT molecular complexity index is 1110. The van der Waals surface area contributed by atoms with Crippen LogP contribution in [0.3, 0.4) is 0 Å². The molecule has 8 heteroatoms. The minimum atomic E-state index is -0.722. The highest BCUT2D eigenvalue weighted by Gasteiger charge is 2.33. The van der Waals surface area contributed by atoms with Crippen LogP contribution in [0.1, 0.15) is 57.1 Å². The first-order chi connectivity index (χ1) is 16.6. The smallest absolute Gasteiger partial charge is 0.247 e. The number of nitrogens with one attached hydrogen (secondary N) is 1. The number of aromatic nitrogens is 3. The van der Waals surface area contributed by atoms with Crippen molar-refractivity contribution < 1.29 is 14.3 Å². The van der Waals surface area contributed by atoms with E-state index in [1.807, 2.05) is 48.5 Å². The Kier molecular flexibility index (Phi) is 7.77. The minimum absolute atomic E-state index is 0.0214. The van der Waals surface area contributed by atoms with E-state index < -0.39 is 6.04 Å². The highest BCUT2D eigenvalue weighted by Crippen LogP contribution is 2.27. The number of nitrogens with zero attached hydrogens (tertiary/aromatic N) is 4. The van der Waals surface area contributed by atoms with Crippen LogP contribution in [0.4, 0.5) is 0 Å². The molecule has 0 aliphatic heterocycles. The van der Waals surface area contributed by atoms with E-state index in [1.54, 1.807) is 16.7 Å². The van der Waals surface area contributed by atoms with Gasteiger partial charge in [-0.25, -0.2) is 4.68 Å². The molecule has 0 saturated heterocycles. The predicted octanol–water partition coefficient (Wildman–Crippen LogP) is 3.87. The average molecular weight is 464 g/mol. The summed E-state index contributed by atoms with van der Waals surface area (Å²) in [7, 11) is 1.61. The van der Waals surface area contributed by atoms with Gasteiger partial charge in [0.2, 0.25) is 11.8 Å².